The Balaban J connectivity index is 2.15. The second kappa shape index (κ2) is 5.05. The van der Waals surface area contributed by atoms with E-state index in [-0.39, 0.29) is 16.7 Å². The predicted octanol–water partition coefficient (Wildman–Crippen LogP) is 0.274. The van der Waals surface area contributed by atoms with Gasteiger partial charge >= 0.3 is 11.0 Å². The van der Waals surface area contributed by atoms with Gasteiger partial charge in [-0.2, -0.15) is 0 Å². The molecule has 2 rings (SSSR count). The van der Waals surface area contributed by atoms with Crippen molar-refractivity contribution >= 4 is 34.1 Å². The molecular weight excluding hydrogens is 284 g/mol. The van der Waals surface area contributed by atoms with Gasteiger partial charge in [0.05, 0.1) is 4.92 Å². The fraction of sp³-hybridized carbons (Fsp3) is 0.167. The van der Waals surface area contributed by atoms with E-state index in [9.17, 15) is 14.9 Å². The quantitative estimate of drug-likeness (QED) is 0.607. The molecule has 0 aromatic carbocycles. The van der Waals surface area contributed by atoms with E-state index in [2.05, 4.69) is 20.5 Å². The maximum Gasteiger partial charge on any atom is 0.344 e. The van der Waals surface area contributed by atoms with E-state index >= 15 is 0 Å². The summed E-state index contributed by atoms with van der Waals surface area (Å²) in [6, 6.07) is 0. The molecule has 2 aromatic rings. The minimum absolute atomic E-state index is 0.102. The molecule has 0 spiro atoms. The number of tetrazole rings is 1. The molecule has 0 fully saturated rings. The van der Waals surface area contributed by atoms with Gasteiger partial charge < -0.3 is 5.11 Å². The van der Waals surface area contributed by atoms with E-state index < -0.39 is 10.9 Å². The van der Waals surface area contributed by atoms with Crippen molar-refractivity contribution < 1.29 is 14.8 Å². The van der Waals surface area contributed by atoms with E-state index in [0.29, 0.717) is 4.34 Å². The Hall–Kier alpha value is -2.08. The molecule has 12 heteroatoms. The highest BCUT2D eigenvalue weighted by Gasteiger charge is 2.16. The number of hydrogen-bond donors (Lipinski definition) is 1. The largest absolute Gasteiger partial charge is 0.480 e. The number of carboxylic acids is 1. The molecule has 0 aliphatic rings. The lowest BCUT2D eigenvalue weighted by atomic mass is 10.7. The van der Waals surface area contributed by atoms with Gasteiger partial charge in [-0.05, 0) is 33.5 Å². The van der Waals surface area contributed by atoms with Crippen LogP contribution < -0.4 is 0 Å². The summed E-state index contributed by atoms with van der Waals surface area (Å²) in [5, 5.41) is 29.6. The molecule has 0 unspecified atom stereocenters. The monoisotopic (exact) mass is 288 g/mol. The molecule has 10 nitrogen and oxygen atoms in total. The highest BCUT2D eigenvalue weighted by Crippen LogP contribution is 2.32. The number of carbonyl (C=O) groups is 1. The molecule has 94 valence electrons. The number of thiazole rings is 1. The third-order valence-corrected chi connectivity index (χ3v) is 3.61. The first kappa shape index (κ1) is 12.4. The topological polar surface area (TPSA) is 137 Å². The van der Waals surface area contributed by atoms with Gasteiger partial charge in [-0.3, -0.25) is 14.9 Å². The lowest BCUT2D eigenvalue weighted by Crippen LogP contribution is -2.11. The van der Waals surface area contributed by atoms with Crippen molar-refractivity contribution in [3.8, 4) is 0 Å². The van der Waals surface area contributed by atoms with Gasteiger partial charge in [0, 0.05) is 0 Å². The summed E-state index contributed by atoms with van der Waals surface area (Å²) in [5.41, 5.74) is 0. The Morgan fingerprint density at radius 3 is 3.06 bits per heavy atom. The van der Waals surface area contributed by atoms with Crippen LogP contribution in [0.15, 0.2) is 15.7 Å². The molecule has 1 N–H and O–H groups in total. The molecule has 0 aliphatic carbocycles. The Morgan fingerprint density at radius 1 is 1.67 bits per heavy atom. The lowest BCUT2D eigenvalue weighted by molar-refractivity contribution is -0.380. The molecule has 0 radical (unpaired) electrons. The zero-order valence-electron chi connectivity index (χ0n) is 8.46. The van der Waals surface area contributed by atoms with Crippen molar-refractivity contribution in [1.29, 1.82) is 0 Å². The van der Waals surface area contributed by atoms with Crippen LogP contribution in [0.5, 0.6) is 0 Å². The number of aliphatic carboxylic acids is 1. The molecule has 0 saturated heterocycles. The summed E-state index contributed by atoms with van der Waals surface area (Å²) in [7, 11) is 0. The van der Waals surface area contributed by atoms with Gasteiger partial charge in [0.25, 0.3) is 0 Å². The van der Waals surface area contributed by atoms with Crippen LogP contribution in [0.1, 0.15) is 0 Å². The number of rotatable bonds is 5. The van der Waals surface area contributed by atoms with E-state index in [4.69, 9.17) is 5.11 Å². The molecule has 2 aromatic heterocycles. The Labute approximate surface area is 107 Å². The van der Waals surface area contributed by atoms with Crippen LogP contribution in [-0.4, -0.2) is 41.2 Å². The van der Waals surface area contributed by atoms with Crippen LogP contribution >= 0.6 is 23.1 Å². The van der Waals surface area contributed by atoms with Gasteiger partial charge in [0.15, 0.2) is 4.34 Å². The third-order valence-electron chi connectivity index (χ3n) is 1.61. The summed E-state index contributed by atoms with van der Waals surface area (Å²) in [5.74, 6) is -1.09. The van der Waals surface area contributed by atoms with Gasteiger partial charge in [0.2, 0.25) is 5.16 Å². The van der Waals surface area contributed by atoms with Crippen molar-refractivity contribution in [2.75, 3.05) is 0 Å². The maximum atomic E-state index is 10.5. The Morgan fingerprint density at radius 2 is 2.44 bits per heavy atom. The Bertz CT molecular complexity index is 594. The summed E-state index contributed by atoms with van der Waals surface area (Å²) in [6.45, 7) is -0.386. The standard InChI is InChI=1S/C6H4N6O4S2/c13-4(14)2-11-5(8-9-10-11)18-6-7-1-3(17-6)12(15)16/h1H,2H2,(H,13,14). The normalized spacial score (nSPS) is 10.4. The lowest BCUT2D eigenvalue weighted by Gasteiger charge is -1.97. The van der Waals surface area contributed by atoms with Gasteiger partial charge in [-0.15, -0.1) is 5.10 Å². The minimum atomic E-state index is -1.09. The summed E-state index contributed by atoms with van der Waals surface area (Å²) in [4.78, 5) is 24.3. The molecule has 2 heterocycles. The highest BCUT2D eigenvalue weighted by atomic mass is 32.2. The Kier molecular flexibility index (Phi) is 3.47. The minimum Gasteiger partial charge on any atom is -0.480 e. The average Bonchev–Trinajstić information content (AvgIpc) is 2.89. The zero-order valence-corrected chi connectivity index (χ0v) is 10.1. The zero-order chi connectivity index (χ0) is 13.1. The smallest absolute Gasteiger partial charge is 0.344 e. The number of carboxylic acid groups (broad SMARTS) is 1. The first-order valence-corrected chi connectivity index (χ1v) is 5.95. The number of nitrogens with zero attached hydrogens (tertiary/aromatic N) is 6. The summed E-state index contributed by atoms with van der Waals surface area (Å²) < 4.78 is 1.43. The average molecular weight is 288 g/mol. The molecule has 0 aliphatic heterocycles. The molecule has 0 saturated carbocycles. The van der Waals surface area contributed by atoms with Crippen LogP contribution in [0.2, 0.25) is 0 Å². The van der Waals surface area contributed by atoms with Crippen LogP contribution in [-0.2, 0) is 11.3 Å². The second-order valence-electron chi connectivity index (χ2n) is 2.84. The molecule has 0 atom stereocenters. The highest BCUT2D eigenvalue weighted by molar-refractivity contribution is 8.00. The number of hydrogen-bond acceptors (Lipinski definition) is 9. The van der Waals surface area contributed by atoms with E-state index in [1.807, 2.05) is 0 Å². The fourth-order valence-electron chi connectivity index (χ4n) is 0.957. The van der Waals surface area contributed by atoms with Gasteiger partial charge in [0.1, 0.15) is 12.7 Å². The first-order valence-electron chi connectivity index (χ1n) is 4.32. The third kappa shape index (κ3) is 2.78. The van der Waals surface area contributed by atoms with E-state index in [1.165, 1.54) is 0 Å². The fourth-order valence-corrected chi connectivity index (χ4v) is 2.61. The molecule has 18 heavy (non-hydrogen) atoms. The van der Waals surface area contributed by atoms with Crippen LogP contribution in [0.25, 0.3) is 0 Å². The number of aromatic nitrogens is 5. The SMILES string of the molecule is O=C(O)Cn1nnnc1Sc1ncc([N+](=O)[O-])s1. The molecule has 0 amide bonds. The van der Waals surface area contributed by atoms with Crippen LogP contribution in [0.3, 0.4) is 0 Å². The maximum absolute atomic E-state index is 10.5. The van der Waals surface area contributed by atoms with E-state index in [1.54, 1.807) is 0 Å². The summed E-state index contributed by atoms with van der Waals surface area (Å²) in [6.07, 6.45) is 1.12. The first-order chi connectivity index (χ1) is 8.56. The van der Waals surface area contributed by atoms with Crippen molar-refractivity contribution in [2.45, 2.75) is 16.0 Å². The van der Waals surface area contributed by atoms with Gasteiger partial charge in [-0.25, -0.2) is 9.67 Å². The molecule has 0 bridgehead atoms. The predicted molar refractivity (Wildman–Crippen MR) is 58.3 cm³/mol. The van der Waals surface area contributed by atoms with Gasteiger partial charge in [-0.1, -0.05) is 0 Å². The summed E-state index contributed by atoms with van der Waals surface area (Å²) >= 11 is 1.83. The van der Waals surface area contributed by atoms with Crippen LogP contribution in [0, 0.1) is 10.1 Å². The van der Waals surface area contributed by atoms with E-state index in [0.717, 1.165) is 34.0 Å². The van der Waals surface area contributed by atoms with Crippen molar-refractivity contribution in [3.63, 3.8) is 0 Å². The second-order valence-corrected chi connectivity index (χ2v) is 5.06. The van der Waals surface area contributed by atoms with Crippen molar-refractivity contribution in [2.24, 2.45) is 0 Å². The van der Waals surface area contributed by atoms with Crippen molar-refractivity contribution in [3.05, 3.63) is 16.3 Å². The number of nitro groups is 1. The van der Waals surface area contributed by atoms with Crippen LogP contribution in [0.4, 0.5) is 5.00 Å². The molecular formula is C6H4N6O4S2. The van der Waals surface area contributed by atoms with Crippen molar-refractivity contribution in [1.82, 2.24) is 25.2 Å².